The van der Waals surface area contributed by atoms with Crippen molar-refractivity contribution in [2.45, 2.75) is 38.7 Å². The first kappa shape index (κ1) is 14.5. The van der Waals surface area contributed by atoms with E-state index in [1.54, 1.807) is 18.7 Å². The van der Waals surface area contributed by atoms with Crippen LogP contribution >= 0.6 is 11.6 Å². The van der Waals surface area contributed by atoms with Crippen LogP contribution in [0, 0.1) is 0 Å². The van der Waals surface area contributed by atoms with Crippen LogP contribution in [0.25, 0.3) is 0 Å². The summed E-state index contributed by atoms with van der Waals surface area (Å²) in [4.78, 5) is 0. The average Bonchev–Trinajstić information content (AvgIpc) is 2.53. The SMILES string of the molecule is CCc1nn(C)c(CC(C)(O)CCOC)c1Cl. The maximum atomic E-state index is 10.3. The molecule has 0 radical (unpaired) electrons. The molecule has 0 aliphatic carbocycles. The van der Waals surface area contributed by atoms with Crippen molar-refractivity contribution in [3.8, 4) is 0 Å². The quantitative estimate of drug-likeness (QED) is 0.851. The Labute approximate surface area is 108 Å². The summed E-state index contributed by atoms with van der Waals surface area (Å²) in [5.41, 5.74) is 0.940. The molecule has 1 rings (SSSR count). The van der Waals surface area contributed by atoms with Crippen molar-refractivity contribution >= 4 is 11.6 Å². The van der Waals surface area contributed by atoms with Gasteiger partial charge in [-0.1, -0.05) is 18.5 Å². The minimum atomic E-state index is -0.821. The van der Waals surface area contributed by atoms with Gasteiger partial charge in [0, 0.05) is 27.2 Å². The smallest absolute Gasteiger partial charge is 0.0850 e. The zero-order valence-electron chi connectivity index (χ0n) is 11.0. The van der Waals surface area contributed by atoms with E-state index in [0.29, 0.717) is 24.5 Å². The van der Waals surface area contributed by atoms with Gasteiger partial charge in [0.1, 0.15) is 0 Å². The van der Waals surface area contributed by atoms with Crippen molar-refractivity contribution in [1.82, 2.24) is 9.78 Å². The van der Waals surface area contributed by atoms with Crippen molar-refractivity contribution in [2.75, 3.05) is 13.7 Å². The maximum Gasteiger partial charge on any atom is 0.0850 e. The largest absolute Gasteiger partial charge is 0.390 e. The monoisotopic (exact) mass is 260 g/mol. The average molecular weight is 261 g/mol. The minimum absolute atomic E-state index is 0.485. The molecule has 4 nitrogen and oxygen atoms in total. The molecule has 0 saturated heterocycles. The molecule has 0 aliphatic heterocycles. The third kappa shape index (κ3) is 3.69. The summed E-state index contributed by atoms with van der Waals surface area (Å²) in [6.07, 6.45) is 1.86. The molecular formula is C12H21ClN2O2. The van der Waals surface area contributed by atoms with Crippen LogP contribution in [0.15, 0.2) is 0 Å². The van der Waals surface area contributed by atoms with Gasteiger partial charge in [-0.3, -0.25) is 4.68 Å². The molecule has 1 N–H and O–H groups in total. The third-order valence-electron chi connectivity index (χ3n) is 2.90. The second kappa shape index (κ2) is 5.85. The van der Waals surface area contributed by atoms with Gasteiger partial charge in [-0.15, -0.1) is 0 Å². The molecule has 0 aliphatic rings. The van der Waals surface area contributed by atoms with Crippen molar-refractivity contribution < 1.29 is 9.84 Å². The van der Waals surface area contributed by atoms with Gasteiger partial charge in [0.25, 0.3) is 0 Å². The Morgan fingerprint density at radius 2 is 2.18 bits per heavy atom. The Hall–Kier alpha value is -0.580. The normalized spacial score (nSPS) is 14.9. The lowest BCUT2D eigenvalue weighted by Crippen LogP contribution is -2.30. The van der Waals surface area contributed by atoms with Crippen LogP contribution in [0.4, 0.5) is 0 Å². The van der Waals surface area contributed by atoms with E-state index in [-0.39, 0.29) is 0 Å². The standard InChI is InChI=1S/C12H21ClN2O2/c1-5-9-11(13)10(15(3)14-9)8-12(2,16)6-7-17-4/h16H,5-8H2,1-4H3. The molecule has 0 aromatic carbocycles. The molecule has 0 fully saturated rings. The molecule has 0 saturated carbocycles. The second-order valence-electron chi connectivity index (χ2n) is 4.60. The predicted molar refractivity (Wildman–Crippen MR) is 68.4 cm³/mol. The Balaban J connectivity index is 2.83. The lowest BCUT2D eigenvalue weighted by Gasteiger charge is -2.23. The molecule has 1 aromatic rings. The number of hydrogen-bond acceptors (Lipinski definition) is 3. The zero-order valence-corrected chi connectivity index (χ0v) is 11.7. The second-order valence-corrected chi connectivity index (χ2v) is 4.98. The molecule has 1 atom stereocenters. The highest BCUT2D eigenvalue weighted by atomic mass is 35.5. The van der Waals surface area contributed by atoms with Crippen molar-refractivity contribution in [1.29, 1.82) is 0 Å². The van der Waals surface area contributed by atoms with Gasteiger partial charge in [0.15, 0.2) is 0 Å². The highest BCUT2D eigenvalue weighted by Crippen LogP contribution is 2.26. The summed E-state index contributed by atoms with van der Waals surface area (Å²) < 4.78 is 6.74. The van der Waals surface area contributed by atoms with E-state index in [1.807, 2.05) is 14.0 Å². The fourth-order valence-corrected chi connectivity index (χ4v) is 2.14. The van der Waals surface area contributed by atoms with E-state index in [9.17, 15) is 5.11 Å². The number of aliphatic hydroxyl groups is 1. The fraction of sp³-hybridized carbons (Fsp3) is 0.750. The van der Waals surface area contributed by atoms with Crippen molar-refractivity contribution in [3.63, 3.8) is 0 Å². The number of nitrogens with zero attached hydrogens (tertiary/aromatic N) is 2. The molecule has 98 valence electrons. The van der Waals surface area contributed by atoms with Crippen LogP contribution in [0.3, 0.4) is 0 Å². The molecule has 17 heavy (non-hydrogen) atoms. The highest BCUT2D eigenvalue weighted by Gasteiger charge is 2.25. The summed E-state index contributed by atoms with van der Waals surface area (Å²) in [6.45, 7) is 4.34. The van der Waals surface area contributed by atoms with Gasteiger partial charge in [0.05, 0.1) is 22.0 Å². The van der Waals surface area contributed by atoms with Gasteiger partial charge >= 0.3 is 0 Å². The third-order valence-corrected chi connectivity index (χ3v) is 3.33. The molecule has 0 bridgehead atoms. The van der Waals surface area contributed by atoms with Crippen LogP contribution in [-0.2, 0) is 24.6 Å². The molecule has 1 aromatic heterocycles. The number of halogens is 1. The van der Waals surface area contributed by atoms with Crippen LogP contribution in [0.2, 0.25) is 5.02 Å². The van der Waals surface area contributed by atoms with E-state index in [4.69, 9.17) is 16.3 Å². The Kier molecular flexibility index (Phi) is 4.98. The van der Waals surface area contributed by atoms with Crippen molar-refractivity contribution in [2.24, 2.45) is 7.05 Å². The Morgan fingerprint density at radius 1 is 1.53 bits per heavy atom. The van der Waals surface area contributed by atoms with E-state index in [1.165, 1.54) is 0 Å². The first-order valence-electron chi connectivity index (χ1n) is 5.83. The van der Waals surface area contributed by atoms with Gasteiger partial charge in [-0.05, 0) is 19.8 Å². The van der Waals surface area contributed by atoms with Crippen LogP contribution in [0.1, 0.15) is 31.7 Å². The lowest BCUT2D eigenvalue weighted by molar-refractivity contribution is 0.0235. The lowest BCUT2D eigenvalue weighted by atomic mass is 9.96. The maximum absolute atomic E-state index is 10.3. The molecule has 1 unspecified atom stereocenters. The summed E-state index contributed by atoms with van der Waals surface area (Å²) in [5, 5.41) is 15.3. The van der Waals surface area contributed by atoms with Gasteiger partial charge in [0.2, 0.25) is 0 Å². The fourth-order valence-electron chi connectivity index (χ4n) is 1.78. The topological polar surface area (TPSA) is 47.3 Å². The predicted octanol–water partition coefficient (Wildman–Crippen LogP) is 1.97. The van der Waals surface area contributed by atoms with E-state index < -0.39 is 5.60 Å². The summed E-state index contributed by atoms with van der Waals surface area (Å²) in [7, 11) is 3.48. The number of aryl methyl sites for hydroxylation is 2. The van der Waals surface area contributed by atoms with E-state index >= 15 is 0 Å². The highest BCUT2D eigenvalue weighted by molar-refractivity contribution is 6.31. The molecular weight excluding hydrogens is 240 g/mol. The zero-order chi connectivity index (χ0) is 13.1. The minimum Gasteiger partial charge on any atom is -0.390 e. The number of rotatable bonds is 6. The number of hydrogen-bond donors (Lipinski definition) is 1. The van der Waals surface area contributed by atoms with Crippen LogP contribution in [0.5, 0.6) is 0 Å². The Bertz CT molecular complexity index is 375. The number of aromatic nitrogens is 2. The number of ether oxygens (including phenoxy) is 1. The Morgan fingerprint density at radius 3 is 2.65 bits per heavy atom. The van der Waals surface area contributed by atoms with Crippen LogP contribution < -0.4 is 0 Å². The van der Waals surface area contributed by atoms with Gasteiger partial charge in [-0.2, -0.15) is 5.10 Å². The van der Waals surface area contributed by atoms with E-state index in [0.717, 1.165) is 17.8 Å². The molecule has 0 amide bonds. The van der Waals surface area contributed by atoms with Crippen LogP contribution in [-0.4, -0.2) is 34.2 Å². The summed E-state index contributed by atoms with van der Waals surface area (Å²) >= 11 is 6.24. The first-order valence-corrected chi connectivity index (χ1v) is 6.20. The molecule has 1 heterocycles. The summed E-state index contributed by atoms with van der Waals surface area (Å²) in [5.74, 6) is 0. The van der Waals surface area contributed by atoms with E-state index in [2.05, 4.69) is 5.10 Å². The van der Waals surface area contributed by atoms with Gasteiger partial charge in [-0.25, -0.2) is 0 Å². The first-order chi connectivity index (χ1) is 7.91. The number of methoxy groups -OCH3 is 1. The molecule has 0 spiro atoms. The molecule has 5 heteroatoms. The van der Waals surface area contributed by atoms with Gasteiger partial charge < -0.3 is 9.84 Å². The summed E-state index contributed by atoms with van der Waals surface area (Å²) in [6, 6.07) is 0. The van der Waals surface area contributed by atoms with Crippen molar-refractivity contribution in [3.05, 3.63) is 16.4 Å².